The van der Waals surface area contributed by atoms with Gasteiger partial charge in [0.2, 0.25) is 0 Å². The summed E-state index contributed by atoms with van der Waals surface area (Å²) in [5, 5.41) is 0. The van der Waals surface area contributed by atoms with Crippen LogP contribution in [0.25, 0.3) is 44.5 Å². The molecule has 0 amide bonds. The smallest absolute Gasteiger partial charge is 0.00992 e. The Labute approximate surface area is 252 Å². The fourth-order valence-electron chi connectivity index (χ4n) is 5.56. The van der Waals surface area contributed by atoms with E-state index in [1.165, 1.54) is 67.6 Å². The molecule has 6 aromatic rings. The standard InChI is InChI=1S/C25H20.C17H20/c1-19-15-17-21(18-16-19)23-12-6-8-14-25(23)24-13-7-5-11-22(24)20-9-3-2-4-10-20;1-4-13(2)15-10-7-8-12-17(15)16-11-6-5-9-14(16)3/h2-18H,1H3;5-13H,4H2,1-3H3. The van der Waals surface area contributed by atoms with E-state index in [0.717, 1.165) is 0 Å². The first-order valence-corrected chi connectivity index (χ1v) is 15.0. The van der Waals surface area contributed by atoms with E-state index < -0.39 is 0 Å². The van der Waals surface area contributed by atoms with Crippen molar-refractivity contribution in [2.24, 2.45) is 0 Å². The Morgan fingerprint density at radius 3 is 1.38 bits per heavy atom. The lowest BCUT2D eigenvalue weighted by molar-refractivity contribution is 0.735. The molecule has 0 radical (unpaired) electrons. The molecule has 0 saturated carbocycles. The third-order valence-corrected chi connectivity index (χ3v) is 8.13. The Balaban J connectivity index is 0.000000181. The maximum Gasteiger partial charge on any atom is -0.00992 e. The Bertz CT molecular complexity index is 1720. The average molecular weight is 545 g/mol. The summed E-state index contributed by atoms with van der Waals surface area (Å²) in [6.45, 7) is 8.86. The lowest BCUT2D eigenvalue weighted by atomic mass is 9.89. The summed E-state index contributed by atoms with van der Waals surface area (Å²) < 4.78 is 0. The van der Waals surface area contributed by atoms with Crippen molar-refractivity contribution in [2.75, 3.05) is 0 Å². The highest BCUT2D eigenvalue weighted by atomic mass is 14.2. The molecule has 0 aliphatic rings. The van der Waals surface area contributed by atoms with Gasteiger partial charge in [-0.25, -0.2) is 0 Å². The van der Waals surface area contributed by atoms with Crippen LogP contribution in [0.15, 0.2) is 152 Å². The number of benzene rings is 6. The predicted octanol–water partition coefficient (Wildman–Crippen LogP) is 12.2. The van der Waals surface area contributed by atoms with Gasteiger partial charge in [-0.3, -0.25) is 0 Å². The highest BCUT2D eigenvalue weighted by molar-refractivity contribution is 5.91. The van der Waals surface area contributed by atoms with E-state index in [1.54, 1.807) is 0 Å². The van der Waals surface area contributed by atoms with Gasteiger partial charge in [-0.15, -0.1) is 0 Å². The highest BCUT2D eigenvalue weighted by Gasteiger charge is 2.12. The molecule has 0 aliphatic carbocycles. The topological polar surface area (TPSA) is 0 Å². The normalized spacial score (nSPS) is 11.3. The minimum atomic E-state index is 0.616. The van der Waals surface area contributed by atoms with E-state index in [2.05, 4.69) is 179 Å². The summed E-state index contributed by atoms with van der Waals surface area (Å²) in [7, 11) is 0. The largest absolute Gasteiger partial charge is 0.0648 e. The van der Waals surface area contributed by atoms with E-state index in [9.17, 15) is 0 Å². The van der Waals surface area contributed by atoms with E-state index in [-0.39, 0.29) is 0 Å². The van der Waals surface area contributed by atoms with Crippen molar-refractivity contribution in [3.05, 3.63) is 168 Å². The average Bonchev–Trinajstić information content (AvgIpc) is 3.06. The molecule has 6 rings (SSSR count). The van der Waals surface area contributed by atoms with Crippen LogP contribution in [-0.2, 0) is 0 Å². The van der Waals surface area contributed by atoms with E-state index in [0.29, 0.717) is 5.92 Å². The summed E-state index contributed by atoms with van der Waals surface area (Å²) in [5.41, 5.74) is 14.4. The molecule has 0 heteroatoms. The summed E-state index contributed by atoms with van der Waals surface area (Å²) in [6, 6.07) is 54.1. The minimum Gasteiger partial charge on any atom is -0.0648 e. The van der Waals surface area contributed by atoms with Gasteiger partial charge in [0.25, 0.3) is 0 Å². The molecule has 0 aliphatic heterocycles. The van der Waals surface area contributed by atoms with Crippen molar-refractivity contribution in [3.63, 3.8) is 0 Å². The van der Waals surface area contributed by atoms with Gasteiger partial charge in [0.15, 0.2) is 0 Å². The molecule has 1 unspecified atom stereocenters. The molecule has 0 bridgehead atoms. The fraction of sp³-hybridized carbons (Fsp3) is 0.143. The van der Waals surface area contributed by atoms with Gasteiger partial charge in [0.1, 0.15) is 0 Å². The molecule has 1 atom stereocenters. The number of rotatable bonds is 6. The Morgan fingerprint density at radius 1 is 0.405 bits per heavy atom. The van der Waals surface area contributed by atoms with E-state index >= 15 is 0 Å². The monoisotopic (exact) mass is 544 g/mol. The van der Waals surface area contributed by atoms with Gasteiger partial charge >= 0.3 is 0 Å². The third kappa shape index (κ3) is 6.61. The zero-order valence-electron chi connectivity index (χ0n) is 25.2. The molecule has 42 heavy (non-hydrogen) atoms. The minimum absolute atomic E-state index is 0.616. The molecule has 0 N–H and O–H groups in total. The van der Waals surface area contributed by atoms with Crippen LogP contribution in [0, 0.1) is 13.8 Å². The summed E-state index contributed by atoms with van der Waals surface area (Å²) >= 11 is 0. The van der Waals surface area contributed by atoms with E-state index in [1.807, 2.05) is 0 Å². The molecular weight excluding hydrogens is 504 g/mol. The Morgan fingerprint density at radius 2 is 0.833 bits per heavy atom. The van der Waals surface area contributed by atoms with Crippen molar-refractivity contribution >= 4 is 0 Å². The first kappa shape index (κ1) is 28.8. The molecule has 0 aromatic heterocycles. The zero-order valence-corrected chi connectivity index (χ0v) is 25.2. The second-order valence-corrected chi connectivity index (χ2v) is 11.0. The van der Waals surface area contributed by atoms with E-state index in [4.69, 9.17) is 0 Å². The van der Waals surface area contributed by atoms with Gasteiger partial charge in [-0.05, 0) is 81.8 Å². The lowest BCUT2D eigenvalue weighted by Crippen LogP contribution is -1.95. The number of aryl methyl sites for hydroxylation is 2. The van der Waals surface area contributed by atoms with Crippen LogP contribution in [0.4, 0.5) is 0 Å². The third-order valence-electron chi connectivity index (χ3n) is 8.13. The second-order valence-electron chi connectivity index (χ2n) is 11.0. The van der Waals surface area contributed by atoms with Crippen molar-refractivity contribution in [1.82, 2.24) is 0 Å². The van der Waals surface area contributed by atoms with Gasteiger partial charge < -0.3 is 0 Å². The van der Waals surface area contributed by atoms with Crippen molar-refractivity contribution in [3.8, 4) is 44.5 Å². The maximum absolute atomic E-state index is 2.30. The van der Waals surface area contributed by atoms with Crippen LogP contribution in [0.1, 0.15) is 42.9 Å². The van der Waals surface area contributed by atoms with Crippen molar-refractivity contribution in [2.45, 2.75) is 40.0 Å². The molecular formula is C42H40. The van der Waals surface area contributed by atoms with Crippen LogP contribution in [-0.4, -0.2) is 0 Å². The van der Waals surface area contributed by atoms with Gasteiger partial charge in [-0.1, -0.05) is 171 Å². The zero-order chi connectivity index (χ0) is 29.3. The fourth-order valence-corrected chi connectivity index (χ4v) is 5.56. The lowest BCUT2D eigenvalue weighted by Gasteiger charge is -2.16. The van der Waals surface area contributed by atoms with Crippen LogP contribution >= 0.6 is 0 Å². The van der Waals surface area contributed by atoms with Crippen LogP contribution in [0.2, 0.25) is 0 Å². The number of hydrogen-bond donors (Lipinski definition) is 0. The van der Waals surface area contributed by atoms with Crippen LogP contribution in [0.3, 0.4) is 0 Å². The summed E-state index contributed by atoms with van der Waals surface area (Å²) in [5.74, 6) is 0.616. The summed E-state index contributed by atoms with van der Waals surface area (Å²) in [6.07, 6.45) is 1.18. The number of hydrogen-bond acceptors (Lipinski definition) is 0. The van der Waals surface area contributed by atoms with Crippen molar-refractivity contribution < 1.29 is 0 Å². The van der Waals surface area contributed by atoms with Gasteiger partial charge in [0, 0.05) is 0 Å². The van der Waals surface area contributed by atoms with Crippen LogP contribution in [0.5, 0.6) is 0 Å². The quantitative estimate of drug-likeness (QED) is 0.196. The molecule has 0 spiro atoms. The second kappa shape index (κ2) is 13.8. The Hall–Kier alpha value is -4.68. The van der Waals surface area contributed by atoms with Gasteiger partial charge in [0.05, 0.1) is 0 Å². The summed E-state index contributed by atoms with van der Waals surface area (Å²) in [4.78, 5) is 0. The highest BCUT2D eigenvalue weighted by Crippen LogP contribution is 2.38. The first-order valence-electron chi connectivity index (χ1n) is 15.0. The molecule has 6 aromatic carbocycles. The molecule has 0 saturated heterocycles. The van der Waals surface area contributed by atoms with Crippen LogP contribution < -0.4 is 0 Å². The maximum atomic E-state index is 2.30. The predicted molar refractivity (Wildman–Crippen MR) is 183 cm³/mol. The molecule has 0 nitrogen and oxygen atoms in total. The molecule has 0 fully saturated rings. The molecule has 0 heterocycles. The SMILES string of the molecule is CCC(C)c1ccccc1-c1ccccc1C.Cc1ccc(-c2ccccc2-c2ccccc2-c2ccccc2)cc1. The Kier molecular flexibility index (Phi) is 9.47. The van der Waals surface area contributed by atoms with Gasteiger partial charge in [-0.2, -0.15) is 0 Å². The molecule has 208 valence electrons. The van der Waals surface area contributed by atoms with Crippen molar-refractivity contribution in [1.29, 1.82) is 0 Å². The first-order chi connectivity index (χ1) is 20.6.